The van der Waals surface area contributed by atoms with Gasteiger partial charge in [-0.3, -0.25) is 0 Å². The van der Waals surface area contributed by atoms with Crippen LogP contribution in [0.4, 0.5) is 0 Å². The number of hydrogen-bond acceptors (Lipinski definition) is 3. The first-order valence-corrected chi connectivity index (χ1v) is 6.31. The smallest absolute Gasteiger partial charge is 0.142 e. The molecule has 0 radical (unpaired) electrons. The fourth-order valence-corrected chi connectivity index (χ4v) is 1.78. The van der Waals surface area contributed by atoms with Gasteiger partial charge >= 0.3 is 0 Å². The highest BCUT2D eigenvalue weighted by Gasteiger charge is 2.03. The maximum Gasteiger partial charge on any atom is 0.142 e. The van der Waals surface area contributed by atoms with Gasteiger partial charge in [0.1, 0.15) is 5.82 Å². The summed E-state index contributed by atoms with van der Waals surface area (Å²) in [4.78, 5) is 8.85. The van der Waals surface area contributed by atoms with E-state index in [1.807, 2.05) is 12.3 Å². The summed E-state index contributed by atoms with van der Waals surface area (Å²) in [6.07, 6.45) is 1.82. The van der Waals surface area contributed by atoms with E-state index in [1.165, 1.54) is 11.1 Å². The summed E-state index contributed by atoms with van der Waals surface area (Å²) in [7, 11) is 0. The predicted octanol–water partition coefficient (Wildman–Crippen LogP) is 2.87. The molecule has 0 atom stereocenters. The third-order valence-electron chi connectivity index (χ3n) is 3.04. The molecule has 3 nitrogen and oxygen atoms in total. The van der Waals surface area contributed by atoms with Crippen molar-refractivity contribution in [1.29, 1.82) is 0 Å². The summed E-state index contributed by atoms with van der Waals surface area (Å²) in [5.74, 6) is 0.840. The van der Waals surface area contributed by atoms with Crippen molar-refractivity contribution in [2.24, 2.45) is 0 Å². The van der Waals surface area contributed by atoms with Crippen LogP contribution in [-0.4, -0.2) is 16.5 Å². The molecule has 94 valence electrons. The van der Waals surface area contributed by atoms with Gasteiger partial charge < -0.3 is 5.32 Å². The molecule has 0 unspecified atom stereocenters. The molecule has 1 aromatic carbocycles. The molecule has 0 aliphatic rings. The zero-order valence-electron chi connectivity index (χ0n) is 11.2. The van der Waals surface area contributed by atoms with Crippen LogP contribution >= 0.6 is 0 Å². The molecule has 1 aromatic heterocycles. The standard InChI is InChI=1S/C15H19N3/c1-4-16-10-15-17-8-7-14(18-15)13-6-5-11(2)12(3)9-13/h5-9,16H,4,10H2,1-3H3. The second-order valence-corrected chi connectivity index (χ2v) is 4.44. The lowest BCUT2D eigenvalue weighted by Gasteiger charge is -2.06. The Kier molecular flexibility index (Phi) is 4.05. The predicted molar refractivity (Wildman–Crippen MR) is 74.3 cm³/mol. The molecule has 2 rings (SSSR count). The molecule has 1 N–H and O–H groups in total. The third-order valence-corrected chi connectivity index (χ3v) is 3.04. The van der Waals surface area contributed by atoms with E-state index in [9.17, 15) is 0 Å². The van der Waals surface area contributed by atoms with Gasteiger partial charge in [-0.05, 0) is 43.7 Å². The Hall–Kier alpha value is -1.74. The monoisotopic (exact) mass is 241 g/mol. The lowest BCUT2D eigenvalue weighted by molar-refractivity contribution is 0.691. The van der Waals surface area contributed by atoms with Crippen LogP contribution in [0, 0.1) is 13.8 Å². The minimum atomic E-state index is 0.717. The normalized spacial score (nSPS) is 10.6. The Morgan fingerprint density at radius 2 is 1.94 bits per heavy atom. The van der Waals surface area contributed by atoms with Gasteiger partial charge in [0.25, 0.3) is 0 Å². The number of nitrogens with one attached hydrogen (secondary N) is 1. The van der Waals surface area contributed by atoms with E-state index >= 15 is 0 Å². The third kappa shape index (κ3) is 2.93. The summed E-state index contributed by atoms with van der Waals surface area (Å²) >= 11 is 0. The highest BCUT2D eigenvalue weighted by atomic mass is 15.0. The molecule has 0 aliphatic carbocycles. The van der Waals surface area contributed by atoms with Crippen LogP contribution in [0.1, 0.15) is 23.9 Å². The van der Waals surface area contributed by atoms with Gasteiger partial charge in [-0.2, -0.15) is 0 Å². The average Bonchev–Trinajstić information content (AvgIpc) is 2.40. The number of aryl methyl sites for hydroxylation is 2. The number of rotatable bonds is 4. The summed E-state index contributed by atoms with van der Waals surface area (Å²) in [5.41, 5.74) is 4.74. The molecular formula is C15H19N3. The van der Waals surface area contributed by atoms with Crippen LogP contribution in [0.5, 0.6) is 0 Å². The highest BCUT2D eigenvalue weighted by Crippen LogP contribution is 2.19. The van der Waals surface area contributed by atoms with Crippen LogP contribution in [0.15, 0.2) is 30.5 Å². The van der Waals surface area contributed by atoms with Gasteiger partial charge in [-0.15, -0.1) is 0 Å². The van der Waals surface area contributed by atoms with Crippen LogP contribution in [0.25, 0.3) is 11.3 Å². The second kappa shape index (κ2) is 5.74. The van der Waals surface area contributed by atoms with Gasteiger partial charge in [0.05, 0.1) is 12.2 Å². The molecular weight excluding hydrogens is 222 g/mol. The molecule has 0 fully saturated rings. The first-order chi connectivity index (χ1) is 8.70. The van der Waals surface area contributed by atoms with Gasteiger partial charge in [0, 0.05) is 11.8 Å². The van der Waals surface area contributed by atoms with Gasteiger partial charge in [0.2, 0.25) is 0 Å². The Morgan fingerprint density at radius 3 is 2.67 bits per heavy atom. The molecule has 0 saturated heterocycles. The van der Waals surface area contributed by atoms with Crippen molar-refractivity contribution in [2.45, 2.75) is 27.3 Å². The minimum absolute atomic E-state index is 0.717. The van der Waals surface area contributed by atoms with E-state index in [1.54, 1.807) is 0 Å². The second-order valence-electron chi connectivity index (χ2n) is 4.44. The molecule has 0 saturated carbocycles. The minimum Gasteiger partial charge on any atom is -0.310 e. The van der Waals surface area contributed by atoms with Crippen LogP contribution < -0.4 is 5.32 Å². The Morgan fingerprint density at radius 1 is 1.11 bits per heavy atom. The zero-order valence-corrected chi connectivity index (χ0v) is 11.2. The van der Waals surface area contributed by atoms with Crippen molar-refractivity contribution in [3.63, 3.8) is 0 Å². The fraction of sp³-hybridized carbons (Fsp3) is 0.333. The van der Waals surface area contributed by atoms with Crippen molar-refractivity contribution >= 4 is 0 Å². The maximum absolute atomic E-state index is 4.58. The number of benzene rings is 1. The lowest BCUT2D eigenvalue weighted by atomic mass is 10.0. The van der Waals surface area contributed by atoms with Crippen LogP contribution in [-0.2, 0) is 6.54 Å². The van der Waals surface area contributed by atoms with Crippen molar-refractivity contribution in [3.05, 3.63) is 47.4 Å². The van der Waals surface area contributed by atoms with Crippen LogP contribution in [0.3, 0.4) is 0 Å². The van der Waals surface area contributed by atoms with Crippen molar-refractivity contribution < 1.29 is 0 Å². The quantitative estimate of drug-likeness (QED) is 0.894. The average molecular weight is 241 g/mol. The van der Waals surface area contributed by atoms with Crippen molar-refractivity contribution in [1.82, 2.24) is 15.3 Å². The molecule has 1 heterocycles. The molecule has 0 bridgehead atoms. The first kappa shape index (κ1) is 12.7. The van der Waals surface area contributed by atoms with Gasteiger partial charge in [-0.25, -0.2) is 9.97 Å². The largest absolute Gasteiger partial charge is 0.310 e. The van der Waals surface area contributed by atoms with E-state index in [0.717, 1.165) is 30.2 Å². The van der Waals surface area contributed by atoms with Crippen molar-refractivity contribution in [3.8, 4) is 11.3 Å². The highest BCUT2D eigenvalue weighted by molar-refractivity contribution is 5.60. The lowest BCUT2D eigenvalue weighted by Crippen LogP contribution is -2.14. The van der Waals surface area contributed by atoms with Crippen LogP contribution in [0.2, 0.25) is 0 Å². The van der Waals surface area contributed by atoms with Crippen molar-refractivity contribution in [2.75, 3.05) is 6.54 Å². The fourth-order valence-electron chi connectivity index (χ4n) is 1.78. The Bertz CT molecular complexity index is 535. The molecule has 0 spiro atoms. The van der Waals surface area contributed by atoms with E-state index in [0.29, 0.717) is 0 Å². The zero-order chi connectivity index (χ0) is 13.0. The molecule has 18 heavy (non-hydrogen) atoms. The molecule has 3 heteroatoms. The molecule has 2 aromatic rings. The number of nitrogens with zero attached hydrogens (tertiary/aromatic N) is 2. The Balaban J connectivity index is 2.29. The van der Waals surface area contributed by atoms with E-state index < -0.39 is 0 Å². The molecule has 0 amide bonds. The first-order valence-electron chi connectivity index (χ1n) is 6.31. The number of hydrogen-bond donors (Lipinski definition) is 1. The van der Waals surface area contributed by atoms with E-state index in [-0.39, 0.29) is 0 Å². The maximum atomic E-state index is 4.58. The topological polar surface area (TPSA) is 37.8 Å². The summed E-state index contributed by atoms with van der Waals surface area (Å²) in [5, 5.41) is 3.24. The Labute approximate surface area is 108 Å². The SMILES string of the molecule is CCNCc1nccc(-c2ccc(C)c(C)c2)n1. The van der Waals surface area contributed by atoms with E-state index in [4.69, 9.17) is 0 Å². The molecule has 0 aliphatic heterocycles. The summed E-state index contributed by atoms with van der Waals surface area (Å²) in [6.45, 7) is 7.97. The summed E-state index contributed by atoms with van der Waals surface area (Å²) in [6, 6.07) is 8.38. The number of aromatic nitrogens is 2. The van der Waals surface area contributed by atoms with Gasteiger partial charge in [-0.1, -0.05) is 19.1 Å². The van der Waals surface area contributed by atoms with Gasteiger partial charge in [0.15, 0.2) is 0 Å². The van der Waals surface area contributed by atoms with E-state index in [2.05, 4.69) is 54.3 Å². The summed E-state index contributed by atoms with van der Waals surface area (Å²) < 4.78 is 0.